The van der Waals surface area contributed by atoms with E-state index in [1.165, 1.54) is 18.2 Å². The molecule has 1 N–H and O–H groups in total. The van der Waals surface area contributed by atoms with E-state index in [4.69, 9.17) is 23.2 Å². The van der Waals surface area contributed by atoms with Crippen LogP contribution >= 0.6 is 35.6 Å². The molecule has 27 heavy (non-hydrogen) atoms. The van der Waals surface area contributed by atoms with Gasteiger partial charge in [0.05, 0.1) is 22.4 Å². The summed E-state index contributed by atoms with van der Waals surface area (Å²) in [5.41, 5.74) is 1.37. The van der Waals surface area contributed by atoms with Crippen LogP contribution in [0.25, 0.3) is 0 Å². The van der Waals surface area contributed by atoms with Crippen molar-refractivity contribution in [3.63, 3.8) is 0 Å². The molecule has 0 spiro atoms. The van der Waals surface area contributed by atoms with E-state index in [-0.39, 0.29) is 41.5 Å². The van der Waals surface area contributed by atoms with Crippen LogP contribution in [0.4, 0.5) is 5.69 Å². The molecular weight excluding hydrogens is 413 g/mol. The summed E-state index contributed by atoms with van der Waals surface area (Å²) in [5.74, 6) is -0.0906. The van der Waals surface area contributed by atoms with Crippen LogP contribution < -0.4 is 5.32 Å². The first kappa shape index (κ1) is 21.4. The molecule has 144 valence electrons. The Morgan fingerprint density at radius 2 is 1.96 bits per heavy atom. The number of rotatable bonds is 4. The Morgan fingerprint density at radius 3 is 2.63 bits per heavy atom. The second-order valence-corrected chi connectivity index (χ2v) is 6.85. The van der Waals surface area contributed by atoms with Gasteiger partial charge in [-0.1, -0.05) is 47.5 Å². The van der Waals surface area contributed by atoms with E-state index in [0.717, 1.165) is 5.56 Å². The molecule has 1 heterocycles. The van der Waals surface area contributed by atoms with E-state index in [0.29, 0.717) is 30.2 Å². The fraction of sp³-hybridized carbons (Fsp3) is 0.278. The maximum Gasteiger partial charge on any atom is 0.270 e. The van der Waals surface area contributed by atoms with Gasteiger partial charge in [0, 0.05) is 36.8 Å². The summed E-state index contributed by atoms with van der Waals surface area (Å²) in [6, 6.07) is 11.5. The molecule has 1 unspecified atom stereocenters. The van der Waals surface area contributed by atoms with Crippen LogP contribution in [-0.4, -0.2) is 35.4 Å². The standard InChI is InChI=1S/C18H17Cl2N3O3.ClH/c19-15-4-2-1-3-14(15)17-11-21-7-8-22(17)18(24)9-12-5-6-13(23(25)26)10-16(12)20;/h1-6,10,17,21H,7-9,11H2;1H. The van der Waals surface area contributed by atoms with Gasteiger partial charge in [-0.2, -0.15) is 0 Å². The molecule has 6 nitrogen and oxygen atoms in total. The van der Waals surface area contributed by atoms with Crippen molar-refractivity contribution < 1.29 is 9.72 Å². The molecule has 0 radical (unpaired) electrons. The van der Waals surface area contributed by atoms with Crippen molar-refractivity contribution in [3.8, 4) is 0 Å². The predicted octanol–water partition coefficient (Wildman–Crippen LogP) is 4.04. The number of carbonyl (C=O) groups excluding carboxylic acids is 1. The highest BCUT2D eigenvalue weighted by Gasteiger charge is 2.29. The van der Waals surface area contributed by atoms with Gasteiger partial charge in [0.15, 0.2) is 0 Å². The van der Waals surface area contributed by atoms with Gasteiger partial charge in [-0.05, 0) is 17.2 Å². The monoisotopic (exact) mass is 429 g/mol. The number of amides is 1. The number of nitro benzene ring substituents is 1. The zero-order valence-corrected chi connectivity index (χ0v) is 16.6. The minimum absolute atomic E-state index is 0. The molecule has 1 atom stereocenters. The Balaban J connectivity index is 0.00000261. The van der Waals surface area contributed by atoms with Crippen LogP contribution in [0.2, 0.25) is 10.0 Å². The van der Waals surface area contributed by atoms with Crippen LogP contribution in [0, 0.1) is 10.1 Å². The third kappa shape index (κ3) is 4.90. The predicted molar refractivity (Wildman–Crippen MR) is 108 cm³/mol. The zero-order valence-electron chi connectivity index (χ0n) is 14.2. The normalized spacial score (nSPS) is 16.5. The molecule has 0 aliphatic carbocycles. The topological polar surface area (TPSA) is 75.5 Å². The van der Waals surface area contributed by atoms with Crippen molar-refractivity contribution in [2.24, 2.45) is 0 Å². The number of benzene rings is 2. The SMILES string of the molecule is Cl.O=C(Cc1ccc([N+](=O)[O-])cc1Cl)N1CCNCC1c1ccccc1Cl. The average Bonchev–Trinajstić information content (AvgIpc) is 2.63. The van der Waals surface area contributed by atoms with E-state index < -0.39 is 4.92 Å². The van der Waals surface area contributed by atoms with Gasteiger partial charge < -0.3 is 10.2 Å². The summed E-state index contributed by atoms with van der Waals surface area (Å²) in [5, 5.41) is 14.9. The Hall–Kier alpha value is -1.86. The number of non-ortho nitro benzene ring substituents is 1. The van der Waals surface area contributed by atoms with Crippen LogP contribution in [0.15, 0.2) is 42.5 Å². The maximum absolute atomic E-state index is 12.9. The number of nitrogens with one attached hydrogen (secondary N) is 1. The van der Waals surface area contributed by atoms with Gasteiger partial charge in [0.25, 0.3) is 5.69 Å². The lowest BCUT2D eigenvalue weighted by Crippen LogP contribution is -2.49. The van der Waals surface area contributed by atoms with Crippen LogP contribution in [0.1, 0.15) is 17.2 Å². The highest BCUT2D eigenvalue weighted by Crippen LogP contribution is 2.30. The Kier molecular flexibility index (Phi) is 7.44. The Morgan fingerprint density at radius 1 is 1.22 bits per heavy atom. The first-order valence-corrected chi connectivity index (χ1v) is 8.90. The number of carbonyl (C=O) groups is 1. The summed E-state index contributed by atoms with van der Waals surface area (Å²) in [4.78, 5) is 25.0. The molecule has 0 saturated carbocycles. The van der Waals surface area contributed by atoms with E-state index >= 15 is 0 Å². The van der Waals surface area contributed by atoms with Crippen molar-refractivity contribution in [2.75, 3.05) is 19.6 Å². The van der Waals surface area contributed by atoms with Gasteiger partial charge in [-0.25, -0.2) is 0 Å². The minimum atomic E-state index is -0.513. The quantitative estimate of drug-likeness (QED) is 0.587. The van der Waals surface area contributed by atoms with Gasteiger partial charge in [0.1, 0.15) is 0 Å². The first-order valence-electron chi connectivity index (χ1n) is 8.15. The number of halogens is 3. The summed E-state index contributed by atoms with van der Waals surface area (Å²) >= 11 is 12.4. The van der Waals surface area contributed by atoms with Gasteiger partial charge >= 0.3 is 0 Å². The van der Waals surface area contributed by atoms with Gasteiger partial charge in [0.2, 0.25) is 5.91 Å². The van der Waals surface area contributed by atoms with E-state index in [1.807, 2.05) is 18.2 Å². The molecule has 2 aromatic rings. The molecule has 1 saturated heterocycles. The van der Waals surface area contributed by atoms with E-state index in [1.54, 1.807) is 11.0 Å². The molecule has 1 aliphatic heterocycles. The maximum atomic E-state index is 12.9. The number of hydrogen-bond acceptors (Lipinski definition) is 4. The van der Waals surface area contributed by atoms with Crippen molar-refractivity contribution in [3.05, 3.63) is 73.8 Å². The van der Waals surface area contributed by atoms with Crippen LogP contribution in [0.3, 0.4) is 0 Å². The second kappa shape index (κ2) is 9.37. The van der Waals surface area contributed by atoms with Crippen LogP contribution in [0.5, 0.6) is 0 Å². The minimum Gasteiger partial charge on any atom is -0.333 e. The fourth-order valence-corrected chi connectivity index (χ4v) is 3.59. The average molecular weight is 431 g/mol. The lowest BCUT2D eigenvalue weighted by Gasteiger charge is -2.37. The number of nitrogens with zero attached hydrogens (tertiary/aromatic N) is 2. The van der Waals surface area contributed by atoms with Crippen molar-refractivity contribution in [2.45, 2.75) is 12.5 Å². The zero-order chi connectivity index (χ0) is 18.7. The van der Waals surface area contributed by atoms with Gasteiger partial charge in [-0.3, -0.25) is 14.9 Å². The summed E-state index contributed by atoms with van der Waals surface area (Å²) in [6.07, 6.45) is 0.0811. The van der Waals surface area contributed by atoms with E-state index in [9.17, 15) is 14.9 Å². The highest BCUT2D eigenvalue weighted by atomic mass is 35.5. The second-order valence-electron chi connectivity index (χ2n) is 6.04. The Bertz CT molecular complexity index is 848. The number of piperazine rings is 1. The van der Waals surface area contributed by atoms with Crippen molar-refractivity contribution in [1.82, 2.24) is 10.2 Å². The number of hydrogen-bond donors (Lipinski definition) is 1. The molecule has 0 aromatic heterocycles. The third-order valence-corrected chi connectivity index (χ3v) is 5.11. The first-order chi connectivity index (χ1) is 12.5. The molecule has 1 aliphatic rings. The molecule has 2 aromatic carbocycles. The molecule has 3 rings (SSSR count). The lowest BCUT2D eigenvalue weighted by atomic mass is 10.0. The smallest absolute Gasteiger partial charge is 0.270 e. The lowest BCUT2D eigenvalue weighted by molar-refractivity contribution is -0.384. The summed E-state index contributed by atoms with van der Waals surface area (Å²) < 4.78 is 0. The molecule has 1 amide bonds. The van der Waals surface area contributed by atoms with Crippen molar-refractivity contribution in [1.29, 1.82) is 0 Å². The van der Waals surface area contributed by atoms with E-state index in [2.05, 4.69) is 5.32 Å². The summed E-state index contributed by atoms with van der Waals surface area (Å²) in [6.45, 7) is 1.86. The summed E-state index contributed by atoms with van der Waals surface area (Å²) in [7, 11) is 0. The Labute approximate surface area is 173 Å². The van der Waals surface area contributed by atoms with Crippen molar-refractivity contribution >= 4 is 47.2 Å². The van der Waals surface area contributed by atoms with Gasteiger partial charge in [-0.15, -0.1) is 12.4 Å². The number of nitro groups is 1. The molecule has 0 bridgehead atoms. The fourth-order valence-electron chi connectivity index (χ4n) is 3.08. The molecule has 9 heteroatoms. The molecular formula is C18H18Cl3N3O3. The van der Waals surface area contributed by atoms with Crippen LogP contribution in [-0.2, 0) is 11.2 Å². The third-order valence-electron chi connectivity index (χ3n) is 4.42. The largest absolute Gasteiger partial charge is 0.333 e. The highest BCUT2D eigenvalue weighted by molar-refractivity contribution is 6.32. The molecule has 1 fully saturated rings.